The quantitative estimate of drug-likeness (QED) is 0.534. The molecule has 0 aliphatic heterocycles. The standard InChI is InChI=1S/C17H28O4/c1-7-17(6,20)11-15(19)9-13(4)10-16(8-12(2)3)21-14(5)18/h7-9,15-16,19-20H,1,10-11H2,2-6H3/b13-9+/t15-,16-,17+/m1/s1. The van der Waals surface area contributed by atoms with Crippen molar-refractivity contribution < 1.29 is 19.7 Å². The molecule has 0 aromatic rings. The zero-order valence-corrected chi connectivity index (χ0v) is 13.7. The number of carbonyl (C=O) groups is 1. The molecule has 2 N–H and O–H groups in total. The molecule has 0 rings (SSSR count). The lowest BCUT2D eigenvalue weighted by atomic mass is 9.96. The van der Waals surface area contributed by atoms with E-state index in [1.165, 1.54) is 13.0 Å². The normalized spacial score (nSPS) is 17.4. The molecule has 0 fully saturated rings. The molecule has 0 saturated heterocycles. The zero-order chi connectivity index (χ0) is 16.6. The second-order valence-corrected chi connectivity index (χ2v) is 5.94. The molecular weight excluding hydrogens is 268 g/mol. The summed E-state index contributed by atoms with van der Waals surface area (Å²) in [7, 11) is 0. The highest BCUT2D eigenvalue weighted by molar-refractivity contribution is 5.66. The van der Waals surface area contributed by atoms with Gasteiger partial charge in [-0.25, -0.2) is 0 Å². The highest BCUT2D eigenvalue weighted by Crippen LogP contribution is 2.17. The first kappa shape index (κ1) is 19.6. The van der Waals surface area contributed by atoms with Gasteiger partial charge in [-0.2, -0.15) is 0 Å². The van der Waals surface area contributed by atoms with E-state index >= 15 is 0 Å². The second-order valence-electron chi connectivity index (χ2n) is 5.94. The summed E-state index contributed by atoms with van der Waals surface area (Å²) in [5, 5.41) is 19.8. The van der Waals surface area contributed by atoms with Crippen LogP contribution in [0.5, 0.6) is 0 Å². The molecule has 0 radical (unpaired) electrons. The van der Waals surface area contributed by atoms with E-state index in [0.29, 0.717) is 6.42 Å². The highest BCUT2D eigenvalue weighted by Gasteiger charge is 2.19. The zero-order valence-electron chi connectivity index (χ0n) is 13.7. The number of allylic oxidation sites excluding steroid dienone is 1. The van der Waals surface area contributed by atoms with Crippen molar-refractivity contribution in [2.24, 2.45) is 0 Å². The minimum atomic E-state index is -1.11. The fourth-order valence-corrected chi connectivity index (χ4v) is 2.00. The van der Waals surface area contributed by atoms with E-state index < -0.39 is 11.7 Å². The van der Waals surface area contributed by atoms with E-state index in [0.717, 1.165) is 11.1 Å². The van der Waals surface area contributed by atoms with Crippen molar-refractivity contribution >= 4 is 5.97 Å². The number of aliphatic hydroxyl groups excluding tert-OH is 1. The molecule has 120 valence electrons. The lowest BCUT2D eigenvalue weighted by molar-refractivity contribution is -0.144. The number of aliphatic hydroxyl groups is 2. The summed E-state index contributed by atoms with van der Waals surface area (Å²) < 4.78 is 5.23. The first-order valence-electron chi connectivity index (χ1n) is 7.09. The molecule has 0 saturated carbocycles. The topological polar surface area (TPSA) is 66.8 Å². The van der Waals surface area contributed by atoms with Crippen molar-refractivity contribution in [3.8, 4) is 0 Å². The molecule has 0 heterocycles. The Hall–Kier alpha value is -1.39. The van der Waals surface area contributed by atoms with E-state index in [1.54, 1.807) is 13.0 Å². The lowest BCUT2D eigenvalue weighted by Gasteiger charge is -2.21. The van der Waals surface area contributed by atoms with Crippen LogP contribution in [0.3, 0.4) is 0 Å². The van der Waals surface area contributed by atoms with Gasteiger partial charge in [0.15, 0.2) is 0 Å². The molecular formula is C17H28O4. The van der Waals surface area contributed by atoms with Crippen molar-refractivity contribution in [1.82, 2.24) is 0 Å². The third-order valence-corrected chi connectivity index (χ3v) is 2.90. The van der Waals surface area contributed by atoms with E-state index in [4.69, 9.17) is 4.74 Å². The molecule has 0 aliphatic rings. The number of hydrogen-bond donors (Lipinski definition) is 2. The summed E-state index contributed by atoms with van der Waals surface area (Å²) in [4.78, 5) is 11.1. The number of esters is 1. The minimum absolute atomic E-state index is 0.175. The third-order valence-electron chi connectivity index (χ3n) is 2.90. The Bertz CT molecular complexity index is 415. The Balaban J connectivity index is 4.77. The van der Waals surface area contributed by atoms with Crippen LogP contribution < -0.4 is 0 Å². The Morgan fingerprint density at radius 2 is 1.86 bits per heavy atom. The van der Waals surface area contributed by atoms with Crippen molar-refractivity contribution in [3.63, 3.8) is 0 Å². The van der Waals surface area contributed by atoms with Crippen molar-refractivity contribution in [3.05, 3.63) is 36.0 Å². The molecule has 4 heteroatoms. The molecule has 0 aliphatic carbocycles. The maximum Gasteiger partial charge on any atom is 0.303 e. The van der Waals surface area contributed by atoms with Gasteiger partial charge in [-0.1, -0.05) is 23.3 Å². The molecule has 3 atom stereocenters. The van der Waals surface area contributed by atoms with E-state index in [9.17, 15) is 15.0 Å². The van der Waals surface area contributed by atoms with Crippen LogP contribution in [0.15, 0.2) is 36.0 Å². The molecule has 21 heavy (non-hydrogen) atoms. The Morgan fingerprint density at radius 1 is 1.29 bits per heavy atom. The maximum absolute atomic E-state index is 11.1. The molecule has 0 amide bonds. The van der Waals surface area contributed by atoms with Crippen LogP contribution in [0, 0.1) is 0 Å². The maximum atomic E-state index is 11.1. The lowest BCUT2D eigenvalue weighted by Crippen LogP contribution is -2.26. The van der Waals surface area contributed by atoms with Gasteiger partial charge in [-0.05, 0) is 33.8 Å². The van der Waals surface area contributed by atoms with Gasteiger partial charge in [0.2, 0.25) is 0 Å². The summed E-state index contributed by atoms with van der Waals surface area (Å²) in [5.74, 6) is -0.333. The fourth-order valence-electron chi connectivity index (χ4n) is 2.00. The molecule has 0 aromatic carbocycles. The van der Waals surface area contributed by atoms with Gasteiger partial charge in [-0.3, -0.25) is 4.79 Å². The fraction of sp³-hybridized carbons (Fsp3) is 0.588. The van der Waals surface area contributed by atoms with Gasteiger partial charge in [0.1, 0.15) is 6.10 Å². The summed E-state index contributed by atoms with van der Waals surface area (Å²) in [6.45, 7) is 12.2. The third kappa shape index (κ3) is 10.0. The molecule has 0 unspecified atom stereocenters. The average Bonchev–Trinajstić information content (AvgIpc) is 2.25. The number of carbonyl (C=O) groups excluding carboxylic acids is 1. The van der Waals surface area contributed by atoms with Crippen molar-refractivity contribution in [1.29, 1.82) is 0 Å². The van der Waals surface area contributed by atoms with Crippen molar-refractivity contribution in [2.45, 2.75) is 65.3 Å². The van der Waals surface area contributed by atoms with Gasteiger partial charge in [0.25, 0.3) is 0 Å². The summed E-state index contributed by atoms with van der Waals surface area (Å²) in [6, 6.07) is 0. The number of hydrogen-bond acceptors (Lipinski definition) is 4. The average molecular weight is 296 g/mol. The monoisotopic (exact) mass is 296 g/mol. The van der Waals surface area contributed by atoms with Crippen LogP contribution in [0.4, 0.5) is 0 Å². The van der Waals surface area contributed by atoms with Gasteiger partial charge >= 0.3 is 5.97 Å². The van der Waals surface area contributed by atoms with Crippen LogP contribution in [0.25, 0.3) is 0 Å². The number of ether oxygens (including phenoxy) is 1. The smallest absolute Gasteiger partial charge is 0.303 e. The SMILES string of the molecule is C=C[C@](C)(O)C[C@H](O)/C=C(\C)C[C@@H](C=C(C)C)OC(C)=O. The summed E-state index contributed by atoms with van der Waals surface area (Å²) in [6.07, 6.45) is 4.54. The predicted octanol–water partition coefficient (Wildman–Crippen LogP) is 2.91. The van der Waals surface area contributed by atoms with Gasteiger partial charge < -0.3 is 14.9 Å². The first-order valence-corrected chi connectivity index (χ1v) is 7.09. The van der Waals surface area contributed by atoms with Crippen LogP contribution >= 0.6 is 0 Å². The van der Waals surface area contributed by atoms with Crippen LogP contribution in [-0.4, -0.2) is 34.0 Å². The van der Waals surface area contributed by atoms with E-state index in [2.05, 4.69) is 6.58 Å². The largest absolute Gasteiger partial charge is 0.458 e. The Morgan fingerprint density at radius 3 is 2.29 bits per heavy atom. The molecule has 4 nitrogen and oxygen atoms in total. The first-order chi connectivity index (χ1) is 9.55. The van der Waals surface area contributed by atoms with Gasteiger partial charge in [0, 0.05) is 19.8 Å². The minimum Gasteiger partial charge on any atom is -0.458 e. The van der Waals surface area contributed by atoms with E-state index in [-0.39, 0.29) is 18.5 Å². The second kappa shape index (κ2) is 8.80. The predicted molar refractivity (Wildman–Crippen MR) is 84.8 cm³/mol. The molecule has 0 spiro atoms. The van der Waals surface area contributed by atoms with Crippen molar-refractivity contribution in [2.75, 3.05) is 0 Å². The summed E-state index contributed by atoms with van der Waals surface area (Å²) in [5.41, 5.74) is 0.848. The summed E-state index contributed by atoms with van der Waals surface area (Å²) >= 11 is 0. The van der Waals surface area contributed by atoms with Crippen LogP contribution in [0.2, 0.25) is 0 Å². The molecule has 0 aromatic heterocycles. The number of rotatable bonds is 8. The van der Waals surface area contributed by atoms with E-state index in [1.807, 2.05) is 26.8 Å². The highest BCUT2D eigenvalue weighted by atomic mass is 16.5. The molecule has 0 bridgehead atoms. The van der Waals surface area contributed by atoms with Gasteiger partial charge in [0.05, 0.1) is 11.7 Å². The van der Waals surface area contributed by atoms with Gasteiger partial charge in [-0.15, -0.1) is 6.58 Å². The Labute approximate surface area is 127 Å². The van der Waals surface area contributed by atoms with Crippen LogP contribution in [-0.2, 0) is 9.53 Å². The van der Waals surface area contributed by atoms with Crippen LogP contribution in [0.1, 0.15) is 47.5 Å². The Kier molecular flexibility index (Phi) is 8.22.